The molecule has 0 aromatic heterocycles. The van der Waals surface area contributed by atoms with Crippen LogP contribution in [-0.4, -0.2) is 25.0 Å². The third-order valence-electron chi connectivity index (χ3n) is 3.04. The zero-order valence-corrected chi connectivity index (χ0v) is 7.43. The minimum absolute atomic E-state index is 0.0957. The average Bonchev–Trinajstić information content (AvgIpc) is 2.54. The third kappa shape index (κ3) is 1.26. The molecule has 5 heteroatoms. The Morgan fingerprint density at radius 1 is 1.46 bits per heavy atom. The van der Waals surface area contributed by atoms with Gasteiger partial charge in [0.2, 0.25) is 0 Å². The number of guanidine groups is 1. The maximum atomic E-state index is 12.7. The van der Waals surface area contributed by atoms with Gasteiger partial charge in [0.15, 0.2) is 5.96 Å². The monoisotopic (exact) mass is 189 g/mol. The van der Waals surface area contributed by atoms with Crippen LogP contribution >= 0.6 is 0 Å². The fraction of sp³-hybridized carbons (Fsp3) is 0.875. The van der Waals surface area contributed by atoms with Crippen molar-refractivity contribution in [1.82, 2.24) is 5.32 Å². The van der Waals surface area contributed by atoms with Gasteiger partial charge < -0.3 is 11.1 Å². The van der Waals surface area contributed by atoms with Crippen molar-refractivity contribution in [3.05, 3.63) is 0 Å². The summed E-state index contributed by atoms with van der Waals surface area (Å²) in [7, 11) is 1.58. The molecule has 3 nitrogen and oxygen atoms in total. The predicted molar refractivity (Wildman–Crippen MR) is 45.6 cm³/mol. The Kier molecular flexibility index (Phi) is 1.72. The average molecular weight is 189 g/mol. The molecule has 2 rings (SSSR count). The zero-order chi connectivity index (χ0) is 9.64. The van der Waals surface area contributed by atoms with Gasteiger partial charge in [0, 0.05) is 24.9 Å². The molecule has 0 saturated heterocycles. The van der Waals surface area contributed by atoms with E-state index in [-0.39, 0.29) is 6.04 Å². The largest absolute Gasteiger partial charge is 0.370 e. The quantitative estimate of drug-likeness (QED) is 0.468. The van der Waals surface area contributed by atoms with Crippen molar-refractivity contribution in [3.8, 4) is 0 Å². The van der Waals surface area contributed by atoms with Crippen molar-refractivity contribution in [2.24, 2.45) is 22.6 Å². The molecule has 2 saturated carbocycles. The number of hydrogen-bond donors (Lipinski definition) is 2. The van der Waals surface area contributed by atoms with Crippen molar-refractivity contribution in [2.75, 3.05) is 7.05 Å². The van der Waals surface area contributed by atoms with E-state index in [1.54, 1.807) is 7.05 Å². The minimum Gasteiger partial charge on any atom is -0.370 e. The van der Waals surface area contributed by atoms with E-state index in [2.05, 4.69) is 10.3 Å². The zero-order valence-electron chi connectivity index (χ0n) is 7.43. The lowest BCUT2D eigenvalue weighted by atomic mass is 10.1. The van der Waals surface area contributed by atoms with Crippen molar-refractivity contribution in [3.63, 3.8) is 0 Å². The Balaban J connectivity index is 1.84. The van der Waals surface area contributed by atoms with Gasteiger partial charge in [-0.2, -0.15) is 0 Å². The van der Waals surface area contributed by atoms with E-state index < -0.39 is 17.8 Å². The smallest absolute Gasteiger partial charge is 0.254 e. The van der Waals surface area contributed by atoms with Gasteiger partial charge in [0.1, 0.15) is 0 Å². The SMILES string of the molecule is CN=C(N)NC1CC2C(C1)C2(F)F. The number of nitrogens with two attached hydrogens (primary N) is 1. The van der Waals surface area contributed by atoms with Crippen LogP contribution in [0.25, 0.3) is 0 Å². The molecule has 0 radical (unpaired) electrons. The summed E-state index contributed by atoms with van der Waals surface area (Å²) in [6, 6.07) is 0.0957. The molecular weight excluding hydrogens is 176 g/mol. The Labute approximate surface area is 75.4 Å². The van der Waals surface area contributed by atoms with Crippen LogP contribution in [0.15, 0.2) is 4.99 Å². The van der Waals surface area contributed by atoms with Crippen LogP contribution in [0.4, 0.5) is 8.78 Å². The molecule has 2 aliphatic carbocycles. The van der Waals surface area contributed by atoms with Gasteiger partial charge >= 0.3 is 0 Å². The van der Waals surface area contributed by atoms with E-state index in [4.69, 9.17) is 5.73 Å². The van der Waals surface area contributed by atoms with E-state index in [1.807, 2.05) is 0 Å². The first-order valence-corrected chi connectivity index (χ1v) is 4.42. The normalized spacial score (nSPS) is 41.5. The predicted octanol–water partition coefficient (Wildman–Crippen LogP) is 0.564. The second-order valence-corrected chi connectivity index (χ2v) is 3.81. The number of nitrogens with one attached hydrogen (secondary N) is 1. The molecule has 2 atom stereocenters. The molecule has 0 heterocycles. The highest BCUT2D eigenvalue weighted by atomic mass is 19.3. The topological polar surface area (TPSA) is 50.4 Å². The number of alkyl halides is 2. The van der Waals surface area contributed by atoms with Crippen LogP contribution in [-0.2, 0) is 0 Å². The Morgan fingerprint density at radius 2 is 2.00 bits per heavy atom. The minimum atomic E-state index is -2.39. The number of hydrogen-bond acceptors (Lipinski definition) is 1. The van der Waals surface area contributed by atoms with Crippen LogP contribution < -0.4 is 11.1 Å². The summed E-state index contributed by atoms with van der Waals surface area (Å²) in [6.07, 6.45) is 1.04. The molecule has 13 heavy (non-hydrogen) atoms. The molecule has 0 spiro atoms. The molecule has 2 aliphatic rings. The second-order valence-electron chi connectivity index (χ2n) is 3.81. The van der Waals surface area contributed by atoms with Crippen LogP contribution in [0.1, 0.15) is 12.8 Å². The van der Waals surface area contributed by atoms with Gasteiger partial charge in [0.25, 0.3) is 5.92 Å². The second kappa shape index (κ2) is 2.56. The van der Waals surface area contributed by atoms with Crippen LogP contribution in [0.3, 0.4) is 0 Å². The van der Waals surface area contributed by atoms with Crippen LogP contribution in [0, 0.1) is 11.8 Å². The molecule has 2 fully saturated rings. The van der Waals surface area contributed by atoms with Crippen LogP contribution in [0.5, 0.6) is 0 Å². The van der Waals surface area contributed by atoms with E-state index in [9.17, 15) is 8.78 Å². The van der Waals surface area contributed by atoms with Gasteiger partial charge in [-0.05, 0) is 12.8 Å². The molecule has 0 aliphatic heterocycles. The summed E-state index contributed by atoms with van der Waals surface area (Å²) in [6.45, 7) is 0. The number of rotatable bonds is 1. The molecular formula is C8H13F2N3. The Bertz CT molecular complexity index is 238. The summed E-state index contributed by atoms with van der Waals surface area (Å²) in [5.74, 6) is -2.87. The fourth-order valence-electron chi connectivity index (χ4n) is 2.20. The molecule has 0 aromatic rings. The van der Waals surface area contributed by atoms with Gasteiger partial charge in [0.05, 0.1) is 0 Å². The van der Waals surface area contributed by atoms with E-state index in [0.717, 1.165) is 0 Å². The van der Waals surface area contributed by atoms with Crippen LogP contribution in [0.2, 0.25) is 0 Å². The standard InChI is InChI=1S/C8H13F2N3/c1-12-7(11)13-4-2-5-6(3-4)8(5,9)10/h4-6H,2-3H2,1H3,(H3,11,12,13). The first kappa shape index (κ1) is 8.72. The van der Waals surface area contributed by atoms with Crippen molar-refractivity contribution < 1.29 is 8.78 Å². The molecule has 2 unspecified atom stereocenters. The van der Waals surface area contributed by atoms with Gasteiger partial charge in [-0.25, -0.2) is 8.78 Å². The van der Waals surface area contributed by atoms with Gasteiger partial charge in [-0.15, -0.1) is 0 Å². The Morgan fingerprint density at radius 3 is 2.46 bits per heavy atom. The number of fused-ring (bicyclic) bond motifs is 1. The number of nitrogens with zero attached hydrogens (tertiary/aromatic N) is 1. The summed E-state index contributed by atoms with van der Waals surface area (Å²) >= 11 is 0. The maximum Gasteiger partial charge on any atom is 0.254 e. The van der Waals surface area contributed by atoms with E-state index in [0.29, 0.717) is 18.8 Å². The van der Waals surface area contributed by atoms with Gasteiger partial charge in [-0.3, -0.25) is 4.99 Å². The highest BCUT2D eigenvalue weighted by Crippen LogP contribution is 2.63. The first-order valence-electron chi connectivity index (χ1n) is 4.42. The molecule has 74 valence electrons. The first-order chi connectivity index (χ1) is 6.05. The number of aliphatic imine (C=N–C) groups is 1. The lowest BCUT2D eigenvalue weighted by molar-refractivity contribution is 0.0687. The van der Waals surface area contributed by atoms with Crippen molar-refractivity contribution >= 4 is 5.96 Å². The van der Waals surface area contributed by atoms with E-state index in [1.165, 1.54) is 0 Å². The lowest BCUT2D eigenvalue weighted by Crippen LogP contribution is -2.40. The molecule has 0 bridgehead atoms. The highest BCUT2D eigenvalue weighted by Gasteiger charge is 2.71. The summed E-state index contributed by atoms with van der Waals surface area (Å²) in [5, 5.41) is 2.92. The van der Waals surface area contributed by atoms with Crippen molar-refractivity contribution in [1.29, 1.82) is 0 Å². The molecule has 0 aromatic carbocycles. The summed E-state index contributed by atoms with van der Waals surface area (Å²) < 4.78 is 25.5. The summed E-state index contributed by atoms with van der Waals surface area (Å²) in [5.41, 5.74) is 5.43. The fourth-order valence-corrected chi connectivity index (χ4v) is 2.20. The summed E-state index contributed by atoms with van der Waals surface area (Å²) in [4.78, 5) is 3.72. The van der Waals surface area contributed by atoms with Gasteiger partial charge in [-0.1, -0.05) is 0 Å². The lowest BCUT2D eigenvalue weighted by Gasteiger charge is -2.15. The molecule has 3 N–H and O–H groups in total. The van der Waals surface area contributed by atoms with E-state index >= 15 is 0 Å². The Hall–Kier alpha value is -0.870. The highest BCUT2D eigenvalue weighted by molar-refractivity contribution is 5.78. The number of halogens is 2. The third-order valence-corrected chi connectivity index (χ3v) is 3.04. The van der Waals surface area contributed by atoms with Crippen molar-refractivity contribution in [2.45, 2.75) is 24.8 Å². The maximum absolute atomic E-state index is 12.7. The molecule has 0 amide bonds.